The van der Waals surface area contributed by atoms with Gasteiger partial charge in [-0.15, -0.1) is 0 Å². The summed E-state index contributed by atoms with van der Waals surface area (Å²) in [6.45, 7) is 0.480. The molecular weight excluding hydrogens is 228 g/mol. The molecule has 0 radical (unpaired) electrons. The Bertz CT molecular complexity index is 521. The summed E-state index contributed by atoms with van der Waals surface area (Å²) >= 11 is 0. The topological polar surface area (TPSA) is 72.9 Å². The van der Waals surface area contributed by atoms with Gasteiger partial charge in [0.15, 0.2) is 0 Å². The monoisotopic (exact) mass is 244 g/mol. The van der Waals surface area contributed by atoms with Crippen molar-refractivity contribution in [3.63, 3.8) is 0 Å². The molecule has 1 aromatic carbocycles. The van der Waals surface area contributed by atoms with E-state index in [1.807, 2.05) is 30.3 Å². The Kier molecular flexibility index (Phi) is 3.74. The third kappa shape index (κ3) is 2.95. The van der Waals surface area contributed by atoms with Gasteiger partial charge in [0.25, 0.3) is 0 Å². The van der Waals surface area contributed by atoms with E-state index in [0.29, 0.717) is 12.1 Å². The number of hydrogen-bond acceptors (Lipinski definition) is 3. The van der Waals surface area contributed by atoms with E-state index in [4.69, 9.17) is 5.73 Å². The molecule has 1 unspecified atom stereocenters. The quantitative estimate of drug-likeness (QED) is 0.833. The summed E-state index contributed by atoms with van der Waals surface area (Å²) < 4.78 is 1.62. The molecule has 18 heavy (non-hydrogen) atoms. The number of hydrogen-bond donors (Lipinski definition) is 2. The number of benzene rings is 1. The van der Waals surface area contributed by atoms with Crippen molar-refractivity contribution in [2.75, 3.05) is 0 Å². The summed E-state index contributed by atoms with van der Waals surface area (Å²) in [5.74, 6) is -0.202. The van der Waals surface area contributed by atoms with Crippen LogP contribution in [-0.2, 0) is 18.4 Å². The second-order valence-electron chi connectivity index (χ2n) is 4.13. The fraction of sp³-hybridized carbons (Fsp3) is 0.231. The molecule has 2 rings (SSSR count). The van der Waals surface area contributed by atoms with E-state index < -0.39 is 6.04 Å². The Labute approximate surface area is 106 Å². The normalized spacial score (nSPS) is 12.1. The first kappa shape index (κ1) is 12.3. The van der Waals surface area contributed by atoms with Gasteiger partial charge in [0.05, 0.1) is 6.20 Å². The minimum atomic E-state index is -0.678. The Morgan fingerprint density at radius 1 is 1.44 bits per heavy atom. The summed E-state index contributed by atoms with van der Waals surface area (Å²) in [5.41, 5.74) is 7.61. The molecule has 0 aliphatic rings. The van der Waals surface area contributed by atoms with E-state index in [-0.39, 0.29) is 5.91 Å². The maximum absolute atomic E-state index is 11.9. The van der Waals surface area contributed by atoms with Crippen LogP contribution in [0.1, 0.15) is 17.2 Å². The van der Waals surface area contributed by atoms with Crippen LogP contribution in [0.3, 0.4) is 0 Å². The molecule has 1 amide bonds. The average Bonchev–Trinajstić information content (AvgIpc) is 2.83. The van der Waals surface area contributed by atoms with Crippen molar-refractivity contribution in [2.45, 2.75) is 12.6 Å². The van der Waals surface area contributed by atoms with E-state index >= 15 is 0 Å². The van der Waals surface area contributed by atoms with Crippen LogP contribution in [0.15, 0.2) is 42.7 Å². The van der Waals surface area contributed by atoms with Crippen LogP contribution >= 0.6 is 0 Å². The SMILES string of the molecule is Cn1cc(C(N)C(=O)NCc2ccccc2)cn1. The number of nitrogens with one attached hydrogen (secondary N) is 1. The molecule has 5 heteroatoms. The minimum Gasteiger partial charge on any atom is -0.350 e. The van der Waals surface area contributed by atoms with Gasteiger partial charge in [0, 0.05) is 25.4 Å². The van der Waals surface area contributed by atoms with Crippen LogP contribution in [0, 0.1) is 0 Å². The fourth-order valence-corrected chi connectivity index (χ4v) is 1.65. The van der Waals surface area contributed by atoms with Crippen LogP contribution < -0.4 is 11.1 Å². The molecule has 1 atom stereocenters. The molecule has 3 N–H and O–H groups in total. The number of carbonyl (C=O) groups is 1. The molecule has 0 aliphatic carbocycles. The standard InChI is InChI=1S/C13H16N4O/c1-17-9-11(8-16-17)12(14)13(18)15-7-10-5-3-2-4-6-10/h2-6,8-9,12H,7,14H2,1H3,(H,15,18). The molecule has 1 aromatic heterocycles. The maximum atomic E-state index is 11.9. The predicted molar refractivity (Wildman–Crippen MR) is 68.4 cm³/mol. The average molecular weight is 244 g/mol. The van der Waals surface area contributed by atoms with E-state index in [9.17, 15) is 4.79 Å². The molecule has 5 nitrogen and oxygen atoms in total. The van der Waals surface area contributed by atoms with Crippen LogP contribution in [0.2, 0.25) is 0 Å². The van der Waals surface area contributed by atoms with Crippen LogP contribution in [-0.4, -0.2) is 15.7 Å². The summed E-state index contributed by atoms with van der Waals surface area (Å²) in [4.78, 5) is 11.9. The number of carbonyl (C=O) groups excluding carboxylic acids is 1. The van der Waals surface area contributed by atoms with Gasteiger partial charge in [0.1, 0.15) is 6.04 Å². The van der Waals surface area contributed by atoms with Crippen molar-refractivity contribution in [3.05, 3.63) is 53.9 Å². The minimum absolute atomic E-state index is 0.202. The number of aryl methyl sites for hydroxylation is 1. The van der Waals surface area contributed by atoms with Gasteiger partial charge in [-0.3, -0.25) is 9.48 Å². The van der Waals surface area contributed by atoms with Crippen LogP contribution in [0.5, 0.6) is 0 Å². The summed E-state index contributed by atoms with van der Waals surface area (Å²) in [7, 11) is 1.79. The Morgan fingerprint density at radius 3 is 2.78 bits per heavy atom. The lowest BCUT2D eigenvalue weighted by Crippen LogP contribution is -2.33. The zero-order chi connectivity index (χ0) is 13.0. The lowest BCUT2D eigenvalue weighted by atomic mass is 10.1. The molecule has 0 bridgehead atoms. The van der Waals surface area contributed by atoms with Crippen LogP contribution in [0.4, 0.5) is 0 Å². The summed E-state index contributed by atoms with van der Waals surface area (Å²) in [6.07, 6.45) is 3.35. The van der Waals surface area contributed by atoms with E-state index in [1.54, 1.807) is 24.1 Å². The van der Waals surface area contributed by atoms with Crippen molar-refractivity contribution in [2.24, 2.45) is 12.8 Å². The molecule has 2 aromatic rings. The van der Waals surface area contributed by atoms with Crippen LogP contribution in [0.25, 0.3) is 0 Å². The molecule has 0 spiro atoms. The lowest BCUT2D eigenvalue weighted by molar-refractivity contribution is -0.122. The highest BCUT2D eigenvalue weighted by Gasteiger charge is 2.16. The third-order valence-electron chi connectivity index (χ3n) is 2.68. The summed E-state index contributed by atoms with van der Waals surface area (Å²) in [6, 6.07) is 9.03. The highest BCUT2D eigenvalue weighted by atomic mass is 16.2. The Hall–Kier alpha value is -2.14. The lowest BCUT2D eigenvalue weighted by Gasteiger charge is -2.10. The highest BCUT2D eigenvalue weighted by Crippen LogP contribution is 2.08. The zero-order valence-corrected chi connectivity index (χ0v) is 10.2. The third-order valence-corrected chi connectivity index (χ3v) is 2.68. The second-order valence-corrected chi connectivity index (χ2v) is 4.13. The van der Waals surface area contributed by atoms with Crippen molar-refractivity contribution in [1.82, 2.24) is 15.1 Å². The van der Waals surface area contributed by atoms with E-state index in [1.165, 1.54) is 0 Å². The smallest absolute Gasteiger partial charge is 0.241 e. The van der Waals surface area contributed by atoms with Gasteiger partial charge < -0.3 is 11.1 Å². The van der Waals surface area contributed by atoms with Crippen molar-refractivity contribution in [1.29, 1.82) is 0 Å². The molecular formula is C13H16N4O. The number of nitrogens with two attached hydrogens (primary N) is 1. The van der Waals surface area contributed by atoms with Crippen molar-refractivity contribution < 1.29 is 4.79 Å². The zero-order valence-electron chi connectivity index (χ0n) is 10.2. The molecule has 94 valence electrons. The fourth-order valence-electron chi connectivity index (χ4n) is 1.65. The maximum Gasteiger partial charge on any atom is 0.241 e. The largest absolute Gasteiger partial charge is 0.350 e. The molecule has 0 aliphatic heterocycles. The predicted octanol–water partition coefficient (Wildman–Crippen LogP) is 0.736. The number of nitrogens with zero attached hydrogens (tertiary/aromatic N) is 2. The van der Waals surface area contributed by atoms with Gasteiger partial charge in [0.2, 0.25) is 5.91 Å². The first-order valence-electron chi connectivity index (χ1n) is 5.72. The van der Waals surface area contributed by atoms with Crippen molar-refractivity contribution >= 4 is 5.91 Å². The number of rotatable bonds is 4. The van der Waals surface area contributed by atoms with Gasteiger partial charge in [-0.1, -0.05) is 30.3 Å². The van der Waals surface area contributed by atoms with Gasteiger partial charge in [-0.05, 0) is 5.56 Å². The van der Waals surface area contributed by atoms with E-state index in [0.717, 1.165) is 5.56 Å². The first-order chi connectivity index (χ1) is 8.66. The molecule has 0 saturated carbocycles. The van der Waals surface area contributed by atoms with E-state index in [2.05, 4.69) is 10.4 Å². The molecule has 0 saturated heterocycles. The molecule has 1 heterocycles. The van der Waals surface area contributed by atoms with Crippen molar-refractivity contribution in [3.8, 4) is 0 Å². The first-order valence-corrected chi connectivity index (χ1v) is 5.72. The highest BCUT2D eigenvalue weighted by molar-refractivity contribution is 5.82. The van der Waals surface area contributed by atoms with Gasteiger partial charge in [-0.25, -0.2) is 0 Å². The molecule has 0 fully saturated rings. The number of aromatic nitrogens is 2. The van der Waals surface area contributed by atoms with Gasteiger partial charge >= 0.3 is 0 Å². The Morgan fingerprint density at radius 2 is 2.17 bits per heavy atom. The number of amides is 1. The second kappa shape index (κ2) is 5.46. The Balaban J connectivity index is 1.92. The van der Waals surface area contributed by atoms with Gasteiger partial charge in [-0.2, -0.15) is 5.10 Å². The summed E-state index contributed by atoms with van der Waals surface area (Å²) in [5, 5.41) is 6.80.